The van der Waals surface area contributed by atoms with E-state index in [2.05, 4.69) is 10.3 Å². The van der Waals surface area contributed by atoms with Crippen molar-refractivity contribution in [2.45, 2.75) is 18.9 Å². The van der Waals surface area contributed by atoms with Crippen LogP contribution in [0.2, 0.25) is 0 Å². The van der Waals surface area contributed by atoms with Gasteiger partial charge in [0.05, 0.1) is 6.61 Å². The first-order chi connectivity index (χ1) is 8.76. The van der Waals surface area contributed by atoms with Crippen LogP contribution in [0.25, 0.3) is 0 Å². The molecule has 18 heavy (non-hydrogen) atoms. The van der Waals surface area contributed by atoms with Crippen LogP contribution < -0.4 is 5.32 Å². The lowest BCUT2D eigenvalue weighted by Crippen LogP contribution is -2.35. The highest BCUT2D eigenvalue weighted by atomic mass is 16.5. The highest BCUT2D eigenvalue weighted by Gasteiger charge is 2.32. The van der Waals surface area contributed by atoms with E-state index >= 15 is 0 Å². The average Bonchev–Trinajstić information content (AvgIpc) is 3.23. The van der Waals surface area contributed by atoms with Gasteiger partial charge in [0, 0.05) is 38.5 Å². The second-order valence-electron chi connectivity index (χ2n) is 4.40. The van der Waals surface area contributed by atoms with Crippen LogP contribution >= 0.6 is 0 Å². The highest BCUT2D eigenvalue weighted by Crippen LogP contribution is 2.28. The zero-order valence-corrected chi connectivity index (χ0v) is 10.8. The normalized spacial score (nSPS) is 14.3. The number of pyridine rings is 1. The molecule has 0 aromatic carbocycles. The Bertz CT molecular complexity index is 418. The van der Waals surface area contributed by atoms with E-state index in [4.69, 9.17) is 4.74 Å². The zero-order chi connectivity index (χ0) is 13.0. The number of methoxy groups -OCH3 is 1. The third-order valence-corrected chi connectivity index (χ3v) is 3.05. The van der Waals surface area contributed by atoms with E-state index in [1.165, 1.54) is 0 Å². The molecule has 1 amide bonds. The molecule has 1 aliphatic rings. The third kappa shape index (κ3) is 2.98. The van der Waals surface area contributed by atoms with Crippen molar-refractivity contribution in [3.8, 4) is 0 Å². The van der Waals surface area contributed by atoms with Crippen LogP contribution in [0.5, 0.6) is 0 Å². The van der Waals surface area contributed by atoms with Crippen molar-refractivity contribution in [1.82, 2.24) is 9.88 Å². The minimum absolute atomic E-state index is 0.0634. The van der Waals surface area contributed by atoms with E-state index in [0.29, 0.717) is 30.6 Å². The molecule has 1 aromatic heterocycles. The summed E-state index contributed by atoms with van der Waals surface area (Å²) in [4.78, 5) is 18.4. The lowest BCUT2D eigenvalue weighted by Gasteiger charge is -2.22. The van der Waals surface area contributed by atoms with Crippen LogP contribution in [0.3, 0.4) is 0 Å². The SMILES string of the molecule is CNc1cc(C(=O)N(CCOC)C2CC2)ccn1. The monoisotopic (exact) mass is 249 g/mol. The first-order valence-electron chi connectivity index (χ1n) is 6.20. The summed E-state index contributed by atoms with van der Waals surface area (Å²) in [5.41, 5.74) is 0.678. The molecule has 0 spiro atoms. The van der Waals surface area contributed by atoms with Crippen LogP contribution in [0.1, 0.15) is 23.2 Å². The van der Waals surface area contributed by atoms with E-state index in [1.807, 2.05) is 4.90 Å². The summed E-state index contributed by atoms with van der Waals surface area (Å²) in [7, 11) is 3.45. The van der Waals surface area contributed by atoms with Crippen LogP contribution in [0.4, 0.5) is 5.82 Å². The molecule has 0 radical (unpaired) electrons. The number of ether oxygens (including phenoxy) is 1. The fourth-order valence-electron chi connectivity index (χ4n) is 1.89. The van der Waals surface area contributed by atoms with Gasteiger partial charge in [-0.2, -0.15) is 0 Å². The second-order valence-corrected chi connectivity index (χ2v) is 4.40. The van der Waals surface area contributed by atoms with Crippen molar-refractivity contribution in [1.29, 1.82) is 0 Å². The summed E-state index contributed by atoms with van der Waals surface area (Å²) < 4.78 is 5.06. The Morgan fingerprint density at radius 2 is 2.39 bits per heavy atom. The molecule has 0 unspecified atom stereocenters. The van der Waals surface area contributed by atoms with Gasteiger partial charge in [-0.15, -0.1) is 0 Å². The number of nitrogens with zero attached hydrogens (tertiary/aromatic N) is 2. The van der Waals surface area contributed by atoms with Gasteiger partial charge >= 0.3 is 0 Å². The number of hydrogen-bond acceptors (Lipinski definition) is 4. The van der Waals surface area contributed by atoms with Crippen LogP contribution in [0, 0.1) is 0 Å². The van der Waals surface area contributed by atoms with Gasteiger partial charge in [-0.1, -0.05) is 0 Å². The number of anilines is 1. The Morgan fingerprint density at radius 1 is 1.61 bits per heavy atom. The predicted octanol–water partition coefficient (Wildman–Crippen LogP) is 1.37. The first kappa shape index (κ1) is 12.8. The van der Waals surface area contributed by atoms with E-state index < -0.39 is 0 Å². The van der Waals surface area contributed by atoms with Crippen molar-refractivity contribution in [3.05, 3.63) is 23.9 Å². The quantitative estimate of drug-likeness (QED) is 0.827. The minimum Gasteiger partial charge on any atom is -0.383 e. The smallest absolute Gasteiger partial charge is 0.254 e. The molecule has 1 aromatic rings. The van der Waals surface area contributed by atoms with Gasteiger partial charge < -0.3 is 15.0 Å². The number of nitrogens with one attached hydrogen (secondary N) is 1. The standard InChI is InChI=1S/C13H19N3O2/c1-14-12-9-10(5-6-15-12)13(17)16(7-8-18-2)11-3-4-11/h5-6,9,11H,3-4,7-8H2,1-2H3,(H,14,15). The topological polar surface area (TPSA) is 54.5 Å². The van der Waals surface area contributed by atoms with Gasteiger partial charge in [-0.25, -0.2) is 4.98 Å². The predicted molar refractivity (Wildman–Crippen MR) is 69.7 cm³/mol. The number of aromatic nitrogens is 1. The maximum atomic E-state index is 12.4. The lowest BCUT2D eigenvalue weighted by molar-refractivity contribution is 0.0680. The van der Waals surface area contributed by atoms with Crippen molar-refractivity contribution in [3.63, 3.8) is 0 Å². The van der Waals surface area contributed by atoms with E-state index in [-0.39, 0.29) is 5.91 Å². The largest absolute Gasteiger partial charge is 0.383 e. The molecule has 1 fully saturated rings. The Balaban J connectivity index is 2.11. The fourth-order valence-corrected chi connectivity index (χ4v) is 1.89. The summed E-state index contributed by atoms with van der Waals surface area (Å²) >= 11 is 0. The number of amides is 1. The summed E-state index contributed by atoms with van der Waals surface area (Å²) in [6, 6.07) is 3.93. The highest BCUT2D eigenvalue weighted by molar-refractivity contribution is 5.95. The van der Waals surface area contributed by atoms with Gasteiger partial charge in [0.15, 0.2) is 0 Å². The second kappa shape index (κ2) is 5.82. The number of carbonyl (C=O) groups is 1. The third-order valence-electron chi connectivity index (χ3n) is 3.05. The molecular formula is C13H19N3O2. The van der Waals surface area contributed by atoms with Crippen molar-refractivity contribution >= 4 is 11.7 Å². The molecule has 1 aliphatic carbocycles. The summed E-state index contributed by atoms with van der Waals surface area (Å²) in [5, 5.41) is 2.94. The molecule has 0 aliphatic heterocycles. The lowest BCUT2D eigenvalue weighted by atomic mass is 10.2. The number of hydrogen-bond donors (Lipinski definition) is 1. The summed E-state index contributed by atoms with van der Waals surface area (Å²) in [6.07, 6.45) is 3.85. The van der Waals surface area contributed by atoms with Crippen LogP contribution in [-0.2, 0) is 4.74 Å². The molecule has 1 saturated carbocycles. The molecule has 1 heterocycles. The Labute approximate surface area is 107 Å². The maximum Gasteiger partial charge on any atom is 0.254 e. The minimum atomic E-state index is 0.0634. The van der Waals surface area contributed by atoms with E-state index in [1.54, 1.807) is 32.5 Å². The molecule has 5 heteroatoms. The number of rotatable bonds is 6. The van der Waals surface area contributed by atoms with Crippen molar-refractivity contribution in [2.24, 2.45) is 0 Å². The molecule has 0 atom stereocenters. The van der Waals surface area contributed by atoms with Gasteiger partial charge in [-0.05, 0) is 25.0 Å². The molecular weight excluding hydrogens is 230 g/mol. The Hall–Kier alpha value is -1.62. The van der Waals surface area contributed by atoms with E-state index in [0.717, 1.165) is 12.8 Å². The molecule has 1 N–H and O–H groups in total. The Morgan fingerprint density at radius 3 is 3.00 bits per heavy atom. The van der Waals surface area contributed by atoms with Crippen LogP contribution in [-0.4, -0.2) is 49.1 Å². The van der Waals surface area contributed by atoms with Gasteiger partial charge in [0.2, 0.25) is 0 Å². The molecule has 2 rings (SSSR count). The molecule has 0 bridgehead atoms. The maximum absolute atomic E-state index is 12.4. The summed E-state index contributed by atoms with van der Waals surface area (Å²) in [5.74, 6) is 0.775. The molecule has 5 nitrogen and oxygen atoms in total. The Kier molecular flexibility index (Phi) is 4.15. The van der Waals surface area contributed by atoms with Gasteiger partial charge in [0.25, 0.3) is 5.91 Å². The molecule has 0 saturated heterocycles. The fraction of sp³-hybridized carbons (Fsp3) is 0.538. The molecule has 98 valence electrons. The van der Waals surface area contributed by atoms with Crippen molar-refractivity contribution < 1.29 is 9.53 Å². The zero-order valence-electron chi connectivity index (χ0n) is 10.8. The van der Waals surface area contributed by atoms with Crippen molar-refractivity contribution in [2.75, 3.05) is 32.6 Å². The van der Waals surface area contributed by atoms with Gasteiger partial charge in [0.1, 0.15) is 5.82 Å². The van der Waals surface area contributed by atoms with Gasteiger partial charge in [-0.3, -0.25) is 4.79 Å². The number of carbonyl (C=O) groups excluding carboxylic acids is 1. The summed E-state index contributed by atoms with van der Waals surface area (Å²) in [6.45, 7) is 1.23. The first-order valence-corrected chi connectivity index (χ1v) is 6.20. The average molecular weight is 249 g/mol. The van der Waals surface area contributed by atoms with E-state index in [9.17, 15) is 4.79 Å². The van der Waals surface area contributed by atoms with Crippen LogP contribution in [0.15, 0.2) is 18.3 Å².